The van der Waals surface area contributed by atoms with Gasteiger partial charge >= 0.3 is 11.7 Å². The Hall–Kier alpha value is -3.21. The van der Waals surface area contributed by atoms with Gasteiger partial charge < -0.3 is 9.84 Å². The number of rotatable bonds is 6. The fourth-order valence-corrected chi connectivity index (χ4v) is 3.00. The van der Waals surface area contributed by atoms with Crippen molar-refractivity contribution in [1.29, 1.82) is 0 Å². The van der Waals surface area contributed by atoms with Gasteiger partial charge in [-0.3, -0.25) is 14.8 Å². The number of aromatic carboxylic acids is 1. The van der Waals surface area contributed by atoms with Crippen molar-refractivity contribution in [2.75, 3.05) is 11.8 Å². The summed E-state index contributed by atoms with van der Waals surface area (Å²) in [5.74, 6) is -2.53. The van der Waals surface area contributed by atoms with E-state index in [1.165, 1.54) is 7.11 Å². The number of hydrogen-bond acceptors (Lipinski definition) is 6. The highest BCUT2D eigenvalue weighted by Gasteiger charge is 2.23. The van der Waals surface area contributed by atoms with Gasteiger partial charge in [0.05, 0.1) is 28.2 Å². The summed E-state index contributed by atoms with van der Waals surface area (Å²) in [6.07, 6.45) is 0. The van der Waals surface area contributed by atoms with Gasteiger partial charge in [0.1, 0.15) is 5.82 Å². The number of anilines is 1. The summed E-state index contributed by atoms with van der Waals surface area (Å²) in [4.78, 5) is 20.5. The highest BCUT2D eigenvalue weighted by atomic mass is 32.2. The van der Waals surface area contributed by atoms with E-state index in [1.807, 2.05) is 4.72 Å². The summed E-state index contributed by atoms with van der Waals surface area (Å²) in [5.41, 5.74) is -1.52. The first kappa shape index (κ1) is 18.1. The fraction of sp³-hybridized carbons (Fsp3) is 0.0714. The number of methoxy groups -OCH3 is 1. The van der Waals surface area contributed by atoms with E-state index in [4.69, 9.17) is 9.84 Å². The molecule has 0 bridgehead atoms. The van der Waals surface area contributed by atoms with Crippen LogP contribution in [0.2, 0.25) is 0 Å². The van der Waals surface area contributed by atoms with Crippen LogP contribution in [0.4, 0.5) is 15.8 Å². The molecule has 0 amide bonds. The van der Waals surface area contributed by atoms with Crippen molar-refractivity contribution < 1.29 is 32.4 Å². The molecule has 0 fully saturated rings. The average molecular weight is 370 g/mol. The van der Waals surface area contributed by atoms with E-state index in [2.05, 4.69) is 0 Å². The summed E-state index contributed by atoms with van der Waals surface area (Å²) in [5, 5.41) is 19.9. The number of nitrogens with zero attached hydrogens (tertiary/aromatic N) is 1. The second kappa shape index (κ2) is 6.73. The van der Waals surface area contributed by atoms with E-state index in [-0.39, 0.29) is 11.3 Å². The van der Waals surface area contributed by atoms with E-state index in [1.54, 1.807) is 0 Å². The Labute approximate surface area is 140 Å². The van der Waals surface area contributed by atoms with Gasteiger partial charge in [0, 0.05) is 6.07 Å². The van der Waals surface area contributed by atoms with Crippen LogP contribution < -0.4 is 9.46 Å². The molecule has 0 radical (unpaired) electrons. The smallest absolute Gasteiger partial charge is 0.335 e. The number of halogens is 1. The molecule has 0 aliphatic heterocycles. The number of nitro benzene ring substituents is 1. The van der Waals surface area contributed by atoms with Crippen molar-refractivity contribution in [3.63, 3.8) is 0 Å². The van der Waals surface area contributed by atoms with Gasteiger partial charge in [-0.1, -0.05) is 0 Å². The highest BCUT2D eigenvalue weighted by Crippen LogP contribution is 2.30. The summed E-state index contributed by atoms with van der Waals surface area (Å²) in [6.45, 7) is 0. The van der Waals surface area contributed by atoms with Crippen molar-refractivity contribution in [3.05, 3.63) is 57.9 Å². The monoisotopic (exact) mass is 370 g/mol. The van der Waals surface area contributed by atoms with Gasteiger partial charge in [-0.15, -0.1) is 0 Å². The zero-order valence-corrected chi connectivity index (χ0v) is 13.4. The van der Waals surface area contributed by atoms with Crippen molar-refractivity contribution >= 4 is 27.4 Å². The Morgan fingerprint density at radius 2 is 1.96 bits per heavy atom. The number of carboxylic acid groups (broad SMARTS) is 1. The molecule has 2 N–H and O–H groups in total. The van der Waals surface area contributed by atoms with Gasteiger partial charge in [-0.2, -0.15) is 0 Å². The Kier molecular flexibility index (Phi) is 4.88. The van der Waals surface area contributed by atoms with Crippen LogP contribution in [0, 0.1) is 15.9 Å². The van der Waals surface area contributed by atoms with Crippen LogP contribution in [0.1, 0.15) is 10.4 Å². The molecule has 11 heteroatoms. The lowest BCUT2D eigenvalue weighted by atomic mass is 10.2. The number of carboxylic acids is 1. The van der Waals surface area contributed by atoms with Gasteiger partial charge in [-0.05, 0) is 30.3 Å². The summed E-state index contributed by atoms with van der Waals surface area (Å²) in [7, 11) is -3.22. The molecule has 0 atom stereocenters. The molecule has 25 heavy (non-hydrogen) atoms. The molecule has 132 valence electrons. The molecule has 2 aromatic rings. The quantitative estimate of drug-likeness (QED) is 0.588. The Balaban J connectivity index is 2.47. The Morgan fingerprint density at radius 1 is 1.28 bits per heavy atom. The normalized spacial score (nSPS) is 11.0. The minimum Gasteiger partial charge on any atom is -0.490 e. The standard InChI is InChI=1S/C14H11FN2O7S/c1-24-13-5-3-9(7-12(13)17(20)21)25(22,23)16-11-6-8(14(18)19)2-4-10(11)15/h2-7,16H,1H3,(H,18,19). The average Bonchev–Trinajstić information content (AvgIpc) is 2.55. The fourth-order valence-electron chi connectivity index (χ4n) is 1.92. The third-order valence-corrected chi connectivity index (χ3v) is 4.48. The van der Waals surface area contributed by atoms with E-state index in [0.717, 1.165) is 36.4 Å². The molecule has 0 unspecified atom stereocenters. The lowest BCUT2D eigenvalue weighted by molar-refractivity contribution is -0.386. The summed E-state index contributed by atoms with van der Waals surface area (Å²) < 4.78 is 45.0. The molecular formula is C14H11FN2O7S. The van der Waals surface area contributed by atoms with Crippen LogP contribution in [-0.4, -0.2) is 31.5 Å². The highest BCUT2D eigenvalue weighted by molar-refractivity contribution is 7.92. The van der Waals surface area contributed by atoms with Gasteiger partial charge in [0.15, 0.2) is 5.75 Å². The minimum atomic E-state index is -4.40. The number of benzene rings is 2. The maximum atomic E-state index is 13.8. The van der Waals surface area contributed by atoms with E-state index in [0.29, 0.717) is 0 Å². The summed E-state index contributed by atoms with van der Waals surface area (Å²) >= 11 is 0. The number of nitro groups is 1. The second-order valence-electron chi connectivity index (χ2n) is 4.70. The third-order valence-electron chi connectivity index (χ3n) is 3.11. The van der Waals surface area contributed by atoms with Crippen molar-refractivity contribution in [3.8, 4) is 5.75 Å². The predicted molar refractivity (Wildman–Crippen MR) is 83.8 cm³/mol. The van der Waals surface area contributed by atoms with Crippen LogP contribution in [0.3, 0.4) is 0 Å². The largest absolute Gasteiger partial charge is 0.490 e. The topological polar surface area (TPSA) is 136 Å². The van der Waals surface area contributed by atoms with Crippen LogP contribution in [-0.2, 0) is 10.0 Å². The molecule has 0 aromatic heterocycles. The maximum Gasteiger partial charge on any atom is 0.335 e. The van der Waals surface area contributed by atoms with Crippen molar-refractivity contribution in [2.45, 2.75) is 4.90 Å². The molecular weight excluding hydrogens is 359 g/mol. The molecule has 0 spiro atoms. The van der Waals surface area contributed by atoms with Gasteiger partial charge in [0.25, 0.3) is 10.0 Å². The predicted octanol–water partition coefficient (Wildman–Crippen LogP) is 2.24. The van der Waals surface area contributed by atoms with Crippen LogP contribution in [0.15, 0.2) is 41.3 Å². The molecule has 0 aliphatic rings. The first-order chi connectivity index (χ1) is 11.7. The molecule has 0 heterocycles. The number of nitrogens with one attached hydrogen (secondary N) is 1. The molecule has 2 rings (SSSR count). The van der Waals surface area contributed by atoms with E-state index in [9.17, 15) is 27.7 Å². The van der Waals surface area contributed by atoms with Gasteiger partial charge in [0.2, 0.25) is 0 Å². The van der Waals surface area contributed by atoms with Crippen LogP contribution >= 0.6 is 0 Å². The van der Waals surface area contributed by atoms with Gasteiger partial charge in [-0.25, -0.2) is 17.6 Å². The number of carbonyl (C=O) groups is 1. The van der Waals surface area contributed by atoms with Crippen molar-refractivity contribution in [1.82, 2.24) is 0 Å². The number of hydrogen-bond donors (Lipinski definition) is 2. The zero-order chi connectivity index (χ0) is 18.8. The zero-order valence-electron chi connectivity index (χ0n) is 12.6. The molecule has 0 saturated heterocycles. The maximum absolute atomic E-state index is 13.8. The second-order valence-corrected chi connectivity index (χ2v) is 6.38. The lowest BCUT2D eigenvalue weighted by Gasteiger charge is -2.10. The molecule has 9 nitrogen and oxygen atoms in total. The first-order valence-electron chi connectivity index (χ1n) is 6.54. The Morgan fingerprint density at radius 3 is 2.52 bits per heavy atom. The van der Waals surface area contributed by atoms with Crippen molar-refractivity contribution in [2.24, 2.45) is 0 Å². The SMILES string of the molecule is COc1ccc(S(=O)(=O)Nc2cc(C(=O)O)ccc2F)cc1[N+](=O)[O-]. The summed E-state index contributed by atoms with van der Waals surface area (Å²) in [6, 6.07) is 5.42. The molecule has 0 saturated carbocycles. The Bertz CT molecular complexity index is 960. The third kappa shape index (κ3) is 3.83. The molecule has 2 aromatic carbocycles. The minimum absolute atomic E-state index is 0.150. The number of sulfonamides is 1. The molecule has 0 aliphatic carbocycles. The van der Waals surface area contributed by atoms with E-state index < -0.39 is 43.0 Å². The van der Waals surface area contributed by atoms with Crippen LogP contribution in [0.5, 0.6) is 5.75 Å². The van der Waals surface area contributed by atoms with E-state index >= 15 is 0 Å². The number of ether oxygens (including phenoxy) is 1. The first-order valence-corrected chi connectivity index (χ1v) is 8.02. The van der Waals surface area contributed by atoms with Crippen LogP contribution in [0.25, 0.3) is 0 Å². The lowest BCUT2D eigenvalue weighted by Crippen LogP contribution is -2.15.